The molecular weight excluding hydrogens is 480 g/mol. The van der Waals surface area contributed by atoms with Gasteiger partial charge in [-0.3, -0.25) is 9.69 Å². The number of rotatable bonds is 6. The Kier molecular flexibility index (Phi) is 7.54. The summed E-state index contributed by atoms with van der Waals surface area (Å²) in [6.07, 6.45) is 4.34. The van der Waals surface area contributed by atoms with Gasteiger partial charge in [0.25, 0.3) is 5.91 Å². The molecule has 3 aromatic carbocycles. The van der Waals surface area contributed by atoms with Gasteiger partial charge in [-0.15, -0.1) is 0 Å². The molecule has 37 heavy (non-hydrogen) atoms. The molecule has 0 atom stereocenters. The second-order valence-electron chi connectivity index (χ2n) is 9.48. The van der Waals surface area contributed by atoms with Gasteiger partial charge in [0, 0.05) is 38.3 Å². The number of benzene rings is 3. The predicted molar refractivity (Wildman–Crippen MR) is 151 cm³/mol. The van der Waals surface area contributed by atoms with Crippen molar-refractivity contribution in [3.63, 3.8) is 0 Å². The normalized spacial score (nSPS) is 14.4. The van der Waals surface area contributed by atoms with Gasteiger partial charge in [0.15, 0.2) is 0 Å². The summed E-state index contributed by atoms with van der Waals surface area (Å²) in [7, 11) is 0. The van der Waals surface area contributed by atoms with E-state index in [0.717, 1.165) is 30.9 Å². The first-order chi connectivity index (χ1) is 18.0. The van der Waals surface area contributed by atoms with Crippen LogP contribution in [0.4, 0.5) is 0 Å². The molecule has 0 radical (unpaired) electrons. The molecule has 1 aromatic heterocycles. The number of aromatic nitrogens is 2. The summed E-state index contributed by atoms with van der Waals surface area (Å²) in [6, 6.07) is 26.0. The lowest BCUT2D eigenvalue weighted by Gasteiger charge is -2.34. The first-order valence-corrected chi connectivity index (χ1v) is 13.0. The fraction of sp³-hybridized carbons (Fsp3) is 0.226. The van der Waals surface area contributed by atoms with E-state index in [-0.39, 0.29) is 5.91 Å². The van der Waals surface area contributed by atoms with Gasteiger partial charge in [0.2, 0.25) is 0 Å². The van der Waals surface area contributed by atoms with Crippen LogP contribution in [0.1, 0.15) is 27.2 Å². The zero-order valence-corrected chi connectivity index (χ0v) is 22.0. The standard InChI is InChI=1S/C31H31ClN4O/c1-23-14-15-26(21-24(23)2)28-22-30(36(33-28)29-13-7-6-12-27(29)32)31(37)35-19-17-34(18-20-35)16-8-11-25-9-4-3-5-10-25/h3-15,21-22H,16-20H2,1-2H3. The molecule has 2 heterocycles. The van der Waals surface area contributed by atoms with Gasteiger partial charge >= 0.3 is 0 Å². The van der Waals surface area contributed by atoms with Crippen molar-refractivity contribution in [3.8, 4) is 16.9 Å². The molecule has 5 nitrogen and oxygen atoms in total. The predicted octanol–water partition coefficient (Wildman–Crippen LogP) is 6.28. The van der Waals surface area contributed by atoms with Crippen molar-refractivity contribution in [2.24, 2.45) is 0 Å². The highest BCUT2D eigenvalue weighted by Gasteiger charge is 2.26. The molecule has 1 saturated heterocycles. The third-order valence-electron chi connectivity index (χ3n) is 6.94. The highest BCUT2D eigenvalue weighted by Crippen LogP contribution is 2.27. The summed E-state index contributed by atoms with van der Waals surface area (Å²) in [5.41, 5.74) is 6.58. The van der Waals surface area contributed by atoms with Crippen molar-refractivity contribution in [1.29, 1.82) is 0 Å². The number of nitrogens with zero attached hydrogens (tertiary/aromatic N) is 4. The number of hydrogen-bond donors (Lipinski definition) is 0. The van der Waals surface area contributed by atoms with Crippen molar-refractivity contribution in [2.75, 3.05) is 32.7 Å². The number of aryl methyl sites for hydroxylation is 2. The maximum absolute atomic E-state index is 13.8. The molecular formula is C31H31ClN4O. The first kappa shape index (κ1) is 25.0. The van der Waals surface area contributed by atoms with E-state index in [1.54, 1.807) is 4.68 Å². The van der Waals surface area contributed by atoms with Gasteiger partial charge < -0.3 is 4.90 Å². The quantitative estimate of drug-likeness (QED) is 0.306. The Hall–Kier alpha value is -3.67. The molecule has 0 N–H and O–H groups in total. The largest absolute Gasteiger partial charge is 0.335 e. The first-order valence-electron chi connectivity index (χ1n) is 12.7. The van der Waals surface area contributed by atoms with Crippen LogP contribution in [0, 0.1) is 13.8 Å². The highest BCUT2D eigenvalue weighted by molar-refractivity contribution is 6.32. The van der Waals surface area contributed by atoms with Crippen LogP contribution in [0.3, 0.4) is 0 Å². The minimum Gasteiger partial charge on any atom is -0.335 e. The van der Waals surface area contributed by atoms with E-state index < -0.39 is 0 Å². The van der Waals surface area contributed by atoms with Crippen molar-refractivity contribution in [2.45, 2.75) is 13.8 Å². The lowest BCUT2D eigenvalue weighted by Crippen LogP contribution is -2.49. The van der Waals surface area contributed by atoms with Crippen LogP contribution < -0.4 is 0 Å². The Morgan fingerprint density at radius 3 is 2.35 bits per heavy atom. The van der Waals surface area contributed by atoms with Crippen molar-refractivity contribution in [3.05, 3.63) is 112 Å². The number of halogens is 1. The highest BCUT2D eigenvalue weighted by atomic mass is 35.5. The van der Waals surface area contributed by atoms with E-state index in [0.29, 0.717) is 29.5 Å². The number of amides is 1. The second-order valence-corrected chi connectivity index (χ2v) is 9.89. The average molecular weight is 511 g/mol. The van der Waals surface area contributed by atoms with Crippen LogP contribution in [-0.4, -0.2) is 58.2 Å². The molecule has 4 aromatic rings. The Labute approximate surface area is 223 Å². The molecule has 0 aliphatic carbocycles. The molecule has 1 aliphatic rings. The molecule has 1 amide bonds. The summed E-state index contributed by atoms with van der Waals surface area (Å²) >= 11 is 6.54. The van der Waals surface area contributed by atoms with Crippen LogP contribution in [0.25, 0.3) is 23.0 Å². The maximum Gasteiger partial charge on any atom is 0.272 e. The summed E-state index contributed by atoms with van der Waals surface area (Å²) in [5, 5.41) is 5.40. The summed E-state index contributed by atoms with van der Waals surface area (Å²) < 4.78 is 1.70. The van der Waals surface area contributed by atoms with E-state index in [9.17, 15) is 4.79 Å². The minimum absolute atomic E-state index is 0.0259. The smallest absolute Gasteiger partial charge is 0.272 e. The zero-order valence-electron chi connectivity index (χ0n) is 21.3. The van der Waals surface area contributed by atoms with Crippen LogP contribution in [0.5, 0.6) is 0 Å². The van der Waals surface area contributed by atoms with E-state index in [1.165, 1.54) is 16.7 Å². The molecule has 5 rings (SSSR count). The molecule has 188 valence electrons. The summed E-state index contributed by atoms with van der Waals surface area (Å²) in [4.78, 5) is 18.1. The van der Waals surface area contributed by atoms with Gasteiger partial charge in [0.1, 0.15) is 5.69 Å². The number of carbonyl (C=O) groups is 1. The minimum atomic E-state index is -0.0259. The van der Waals surface area contributed by atoms with Crippen LogP contribution in [0.15, 0.2) is 84.9 Å². The third-order valence-corrected chi connectivity index (χ3v) is 7.26. The molecule has 1 fully saturated rings. The lowest BCUT2D eigenvalue weighted by atomic mass is 10.0. The van der Waals surface area contributed by atoms with Crippen LogP contribution in [0.2, 0.25) is 5.02 Å². The lowest BCUT2D eigenvalue weighted by molar-refractivity contribution is 0.0641. The average Bonchev–Trinajstić information content (AvgIpc) is 3.36. The van der Waals surface area contributed by atoms with Gasteiger partial charge in [0.05, 0.1) is 16.4 Å². The number of carbonyl (C=O) groups excluding carboxylic acids is 1. The Morgan fingerprint density at radius 2 is 1.62 bits per heavy atom. The summed E-state index contributed by atoms with van der Waals surface area (Å²) in [5.74, 6) is -0.0259. The number of hydrogen-bond acceptors (Lipinski definition) is 3. The SMILES string of the molecule is Cc1ccc(-c2cc(C(=O)N3CCN(CC=Cc4ccccc4)CC3)n(-c3ccccc3Cl)n2)cc1C. The Morgan fingerprint density at radius 1 is 0.892 bits per heavy atom. The molecule has 1 aliphatic heterocycles. The monoisotopic (exact) mass is 510 g/mol. The van der Waals surface area contributed by atoms with E-state index in [1.807, 2.05) is 53.4 Å². The molecule has 0 unspecified atom stereocenters. The van der Waals surface area contributed by atoms with Gasteiger partial charge in [-0.25, -0.2) is 4.68 Å². The molecule has 0 spiro atoms. The van der Waals surface area contributed by atoms with Crippen molar-refractivity contribution >= 4 is 23.6 Å². The fourth-order valence-electron chi connectivity index (χ4n) is 4.58. The van der Waals surface area contributed by atoms with Crippen LogP contribution >= 0.6 is 11.6 Å². The number of para-hydroxylation sites is 1. The molecule has 0 saturated carbocycles. The van der Waals surface area contributed by atoms with E-state index in [2.05, 4.69) is 61.2 Å². The molecule has 0 bridgehead atoms. The topological polar surface area (TPSA) is 41.4 Å². The van der Waals surface area contributed by atoms with Gasteiger partial charge in [-0.1, -0.05) is 78.4 Å². The van der Waals surface area contributed by atoms with Gasteiger partial charge in [-0.05, 0) is 54.8 Å². The Balaban J connectivity index is 1.35. The zero-order chi connectivity index (χ0) is 25.8. The third kappa shape index (κ3) is 5.68. The second kappa shape index (κ2) is 11.2. The maximum atomic E-state index is 13.8. The molecule has 6 heteroatoms. The fourth-order valence-corrected chi connectivity index (χ4v) is 4.80. The van der Waals surface area contributed by atoms with E-state index >= 15 is 0 Å². The van der Waals surface area contributed by atoms with Crippen molar-refractivity contribution < 1.29 is 4.79 Å². The van der Waals surface area contributed by atoms with Crippen LogP contribution in [-0.2, 0) is 0 Å². The Bertz CT molecular complexity index is 1420. The van der Waals surface area contributed by atoms with Crippen molar-refractivity contribution in [1.82, 2.24) is 19.6 Å². The summed E-state index contributed by atoms with van der Waals surface area (Å²) in [6.45, 7) is 8.04. The van der Waals surface area contributed by atoms with E-state index in [4.69, 9.17) is 16.7 Å². The number of piperazine rings is 1. The van der Waals surface area contributed by atoms with Gasteiger partial charge in [-0.2, -0.15) is 5.10 Å².